The molecule has 0 saturated heterocycles. The van der Waals surface area contributed by atoms with Crippen LogP contribution in [0.3, 0.4) is 0 Å². The minimum absolute atomic E-state index is 0.610. The maximum atomic E-state index is 2.81. The molecule has 0 amide bonds. The van der Waals surface area contributed by atoms with Crippen LogP contribution in [0.25, 0.3) is 0 Å². The Morgan fingerprint density at radius 2 is 1.43 bits per heavy atom. The van der Waals surface area contributed by atoms with E-state index in [4.69, 9.17) is 0 Å². The fourth-order valence-electron chi connectivity index (χ4n) is 11.2. The molecule has 160 valence electrons. The van der Waals surface area contributed by atoms with Crippen molar-refractivity contribution in [3.05, 3.63) is 0 Å². The van der Waals surface area contributed by atoms with Gasteiger partial charge in [-0.2, -0.15) is 0 Å². The maximum absolute atomic E-state index is 2.81. The predicted octanol–water partition coefficient (Wildman–Crippen LogP) is 8.35. The third kappa shape index (κ3) is 2.42. The van der Waals surface area contributed by atoms with Crippen molar-refractivity contribution in [2.75, 3.05) is 0 Å². The summed E-state index contributed by atoms with van der Waals surface area (Å²) in [7, 11) is 0. The van der Waals surface area contributed by atoms with Gasteiger partial charge in [0, 0.05) is 0 Å². The molecule has 0 aromatic carbocycles. The second-order valence-electron chi connectivity index (χ2n) is 13.4. The summed E-state index contributed by atoms with van der Waals surface area (Å²) in [5.41, 5.74) is 1.88. The van der Waals surface area contributed by atoms with Gasteiger partial charge in [-0.15, -0.1) is 0 Å². The highest BCUT2D eigenvalue weighted by atomic mass is 14.7. The van der Waals surface area contributed by atoms with E-state index in [0.717, 1.165) is 47.3 Å². The summed E-state index contributed by atoms with van der Waals surface area (Å²) in [6.45, 7) is 16.0. The summed E-state index contributed by atoms with van der Waals surface area (Å²) in [6.07, 6.45) is 16.9. The number of fused-ring (bicyclic) bond motifs is 7. The van der Waals surface area contributed by atoms with Crippen molar-refractivity contribution in [3.8, 4) is 0 Å². The van der Waals surface area contributed by atoms with Gasteiger partial charge in [0.05, 0.1) is 0 Å². The molecule has 10 atom stereocenters. The molecule has 0 spiro atoms. The number of hydrogen-bond acceptors (Lipinski definition) is 0. The van der Waals surface area contributed by atoms with Gasteiger partial charge in [-0.1, -0.05) is 54.4 Å². The molecule has 0 heteroatoms. The Hall–Kier alpha value is 0. The largest absolute Gasteiger partial charge is 0.0625 e. The molecule has 0 radical (unpaired) electrons. The zero-order valence-corrected chi connectivity index (χ0v) is 19.9. The van der Waals surface area contributed by atoms with Crippen molar-refractivity contribution in [1.29, 1.82) is 0 Å². The van der Waals surface area contributed by atoms with Crippen LogP contribution in [0.2, 0.25) is 0 Å². The van der Waals surface area contributed by atoms with Crippen LogP contribution in [-0.2, 0) is 0 Å². The zero-order chi connectivity index (χ0) is 19.9. The highest BCUT2D eigenvalue weighted by Crippen LogP contribution is 2.74. The first-order valence-corrected chi connectivity index (χ1v) is 13.2. The SMILES string of the molecule is CC(C)[C@H]1CC[C@H]2[C@H]1CC[C@]1(C)[C@@H]2CC[C@@H]2[C@@]3(C)CCC[C@H](C)[C@@H]3CC[C@]21C. The summed E-state index contributed by atoms with van der Waals surface area (Å²) in [6, 6.07) is 0. The highest BCUT2D eigenvalue weighted by Gasteiger charge is 2.67. The Morgan fingerprint density at radius 1 is 0.679 bits per heavy atom. The second-order valence-corrected chi connectivity index (χ2v) is 13.4. The molecule has 0 nitrogen and oxygen atoms in total. The van der Waals surface area contributed by atoms with E-state index >= 15 is 0 Å². The highest BCUT2D eigenvalue weighted by molar-refractivity contribution is 5.15. The van der Waals surface area contributed by atoms with E-state index in [9.17, 15) is 0 Å². The molecule has 0 aromatic heterocycles. The van der Waals surface area contributed by atoms with E-state index < -0.39 is 0 Å². The molecule has 5 rings (SSSR count). The van der Waals surface area contributed by atoms with Gasteiger partial charge in [0.25, 0.3) is 0 Å². The molecule has 5 saturated carbocycles. The first-order chi connectivity index (χ1) is 13.2. The van der Waals surface area contributed by atoms with E-state index in [2.05, 4.69) is 41.5 Å². The molecule has 0 bridgehead atoms. The van der Waals surface area contributed by atoms with Crippen molar-refractivity contribution in [1.82, 2.24) is 0 Å². The molecule has 0 aliphatic heterocycles. The molecule has 0 aromatic rings. The molecule has 5 aliphatic rings. The van der Waals surface area contributed by atoms with Crippen molar-refractivity contribution < 1.29 is 0 Å². The molecule has 5 fully saturated rings. The summed E-state index contributed by atoms with van der Waals surface area (Å²) < 4.78 is 0. The van der Waals surface area contributed by atoms with Crippen LogP contribution < -0.4 is 0 Å². The Morgan fingerprint density at radius 3 is 2.18 bits per heavy atom. The van der Waals surface area contributed by atoms with Gasteiger partial charge in [-0.25, -0.2) is 0 Å². The van der Waals surface area contributed by atoms with Crippen molar-refractivity contribution in [2.45, 2.75) is 112 Å². The van der Waals surface area contributed by atoms with Gasteiger partial charge >= 0.3 is 0 Å². The molecule has 0 N–H and O–H groups in total. The Bertz CT molecular complexity index is 605. The van der Waals surface area contributed by atoms with E-state index in [-0.39, 0.29) is 0 Å². The molecular weight excluding hydrogens is 336 g/mol. The van der Waals surface area contributed by atoms with Crippen LogP contribution in [0.5, 0.6) is 0 Å². The van der Waals surface area contributed by atoms with E-state index in [1.54, 1.807) is 38.5 Å². The molecule has 5 aliphatic carbocycles. The average molecular weight is 385 g/mol. The molecular formula is C28H48. The summed E-state index contributed by atoms with van der Waals surface area (Å²) in [4.78, 5) is 0. The minimum Gasteiger partial charge on any atom is -0.0625 e. The van der Waals surface area contributed by atoms with Gasteiger partial charge in [0.1, 0.15) is 0 Å². The van der Waals surface area contributed by atoms with Gasteiger partial charge in [0.15, 0.2) is 0 Å². The van der Waals surface area contributed by atoms with Gasteiger partial charge in [-0.05, 0) is 121 Å². The topological polar surface area (TPSA) is 0 Å². The lowest BCUT2D eigenvalue weighted by molar-refractivity contribution is -0.218. The zero-order valence-electron chi connectivity index (χ0n) is 19.9. The van der Waals surface area contributed by atoms with Crippen LogP contribution in [0, 0.1) is 63.6 Å². The van der Waals surface area contributed by atoms with Crippen LogP contribution >= 0.6 is 0 Å². The summed E-state index contributed by atoms with van der Waals surface area (Å²) in [5, 5.41) is 0. The number of hydrogen-bond donors (Lipinski definition) is 0. The minimum atomic E-state index is 0.610. The third-order valence-corrected chi connectivity index (χ3v) is 12.6. The third-order valence-electron chi connectivity index (χ3n) is 12.6. The first kappa shape index (κ1) is 19.9. The van der Waals surface area contributed by atoms with E-state index in [1.807, 2.05) is 0 Å². The Balaban J connectivity index is 1.48. The second kappa shape index (κ2) is 6.50. The molecule has 0 heterocycles. The lowest BCUT2D eigenvalue weighted by Crippen LogP contribution is -2.63. The summed E-state index contributed by atoms with van der Waals surface area (Å²) >= 11 is 0. The van der Waals surface area contributed by atoms with Crippen molar-refractivity contribution in [2.24, 2.45) is 63.6 Å². The Labute approximate surface area is 176 Å². The smallest absolute Gasteiger partial charge is 0.0235 e. The monoisotopic (exact) mass is 384 g/mol. The summed E-state index contributed by atoms with van der Waals surface area (Å²) in [5.74, 6) is 8.12. The van der Waals surface area contributed by atoms with Crippen LogP contribution in [0.4, 0.5) is 0 Å². The van der Waals surface area contributed by atoms with Crippen molar-refractivity contribution >= 4 is 0 Å². The van der Waals surface area contributed by atoms with Crippen LogP contribution in [0.15, 0.2) is 0 Å². The lowest BCUT2D eigenvalue weighted by Gasteiger charge is -2.70. The van der Waals surface area contributed by atoms with Gasteiger partial charge in [0.2, 0.25) is 0 Å². The first-order valence-electron chi connectivity index (χ1n) is 13.2. The van der Waals surface area contributed by atoms with Crippen LogP contribution in [-0.4, -0.2) is 0 Å². The maximum Gasteiger partial charge on any atom is -0.0235 e. The average Bonchev–Trinajstić information content (AvgIpc) is 3.06. The molecule has 28 heavy (non-hydrogen) atoms. The Kier molecular flexibility index (Phi) is 4.63. The fraction of sp³-hybridized carbons (Fsp3) is 1.00. The quantitative estimate of drug-likeness (QED) is 0.426. The van der Waals surface area contributed by atoms with E-state index in [1.165, 1.54) is 32.1 Å². The van der Waals surface area contributed by atoms with Gasteiger partial charge < -0.3 is 0 Å². The van der Waals surface area contributed by atoms with Crippen LogP contribution in [0.1, 0.15) is 112 Å². The van der Waals surface area contributed by atoms with Crippen molar-refractivity contribution in [3.63, 3.8) is 0 Å². The van der Waals surface area contributed by atoms with Gasteiger partial charge in [-0.3, -0.25) is 0 Å². The number of rotatable bonds is 1. The predicted molar refractivity (Wildman–Crippen MR) is 120 cm³/mol. The standard InChI is InChI=1S/C28H48/c1-18(2)20-9-10-22-21(20)13-16-27(5)24(22)11-12-25-26(4)15-7-8-19(3)23(26)14-17-28(25,27)6/h18-25H,7-17H2,1-6H3/t19-,20+,21-,22-,23-,24+,25+,26-,27+,28+/m0/s1. The fourth-order valence-corrected chi connectivity index (χ4v) is 11.2. The van der Waals surface area contributed by atoms with E-state index in [0.29, 0.717) is 16.2 Å². The normalized spacial score (nSPS) is 58.6. The molecule has 0 unspecified atom stereocenters. The lowest BCUT2D eigenvalue weighted by atomic mass is 9.34.